The van der Waals surface area contributed by atoms with Crippen LogP contribution in [0, 0.1) is 0 Å². The minimum atomic E-state index is -1.22. The van der Waals surface area contributed by atoms with Gasteiger partial charge in [-0.1, -0.05) is 0 Å². The van der Waals surface area contributed by atoms with E-state index in [4.69, 9.17) is 15.6 Å². The van der Waals surface area contributed by atoms with Crippen LogP contribution in [0.4, 0.5) is 4.79 Å². The summed E-state index contributed by atoms with van der Waals surface area (Å²) in [4.78, 5) is 45.0. The summed E-state index contributed by atoms with van der Waals surface area (Å²) in [5, 5.41) is 12.9. The van der Waals surface area contributed by atoms with Gasteiger partial charge in [-0.2, -0.15) is 0 Å². The van der Waals surface area contributed by atoms with E-state index in [0.29, 0.717) is 0 Å². The van der Waals surface area contributed by atoms with Crippen molar-refractivity contribution in [2.75, 3.05) is 39.9 Å². The number of urea groups is 1. The number of hydrogen-bond donors (Lipinski definition) is 4. The summed E-state index contributed by atoms with van der Waals surface area (Å²) in [5.41, 5.74) is 4.93. The van der Waals surface area contributed by atoms with E-state index in [0.717, 1.165) is 4.90 Å². The molecule has 0 heterocycles. The topological polar surface area (TPSA) is 151 Å². The van der Waals surface area contributed by atoms with Gasteiger partial charge in [0.2, 0.25) is 11.8 Å². The zero-order chi connectivity index (χ0) is 15.5. The Morgan fingerprint density at radius 3 is 2.35 bits per heavy atom. The van der Waals surface area contributed by atoms with E-state index in [1.807, 2.05) is 5.32 Å². The Balaban J connectivity index is 4.20. The van der Waals surface area contributed by atoms with Crippen LogP contribution in [0.2, 0.25) is 0 Å². The van der Waals surface area contributed by atoms with E-state index >= 15 is 0 Å². The van der Waals surface area contributed by atoms with Gasteiger partial charge in [-0.05, 0) is 0 Å². The van der Waals surface area contributed by atoms with Crippen LogP contribution in [0.3, 0.4) is 0 Å². The third-order valence-corrected chi connectivity index (χ3v) is 1.95. The Kier molecular flexibility index (Phi) is 8.63. The fourth-order valence-electron chi connectivity index (χ4n) is 1.26. The van der Waals surface area contributed by atoms with Gasteiger partial charge in [0.15, 0.2) is 0 Å². The average Bonchev–Trinajstić information content (AvgIpc) is 2.26. The molecule has 0 aromatic heterocycles. The molecule has 114 valence electrons. The lowest BCUT2D eigenvalue weighted by atomic mass is 10.4. The van der Waals surface area contributed by atoms with Crippen molar-refractivity contribution in [3.05, 3.63) is 0 Å². The molecular formula is C10H18N4O6. The summed E-state index contributed by atoms with van der Waals surface area (Å²) in [6, 6.07) is -0.735. The SMILES string of the molecule is COCCNC(=O)NC(=O)CN(CC(N)=O)CC(=O)O. The highest BCUT2D eigenvalue weighted by Gasteiger charge is 2.17. The van der Waals surface area contributed by atoms with Crippen molar-refractivity contribution in [3.63, 3.8) is 0 Å². The Morgan fingerprint density at radius 1 is 1.20 bits per heavy atom. The van der Waals surface area contributed by atoms with E-state index in [9.17, 15) is 19.2 Å². The number of nitrogens with two attached hydrogens (primary N) is 1. The molecule has 0 rings (SSSR count). The highest BCUT2D eigenvalue weighted by molar-refractivity contribution is 5.95. The van der Waals surface area contributed by atoms with Gasteiger partial charge in [0.25, 0.3) is 0 Å². The van der Waals surface area contributed by atoms with Crippen LogP contribution in [0.25, 0.3) is 0 Å². The number of primary amides is 1. The van der Waals surface area contributed by atoms with Crippen molar-refractivity contribution < 1.29 is 29.0 Å². The Hall–Kier alpha value is -2.20. The van der Waals surface area contributed by atoms with Crippen molar-refractivity contribution in [1.29, 1.82) is 0 Å². The van der Waals surface area contributed by atoms with Crippen molar-refractivity contribution in [1.82, 2.24) is 15.5 Å². The quantitative estimate of drug-likeness (QED) is 0.338. The minimum Gasteiger partial charge on any atom is -0.480 e. The standard InChI is InChI=1S/C10H18N4O6/c1-20-3-2-12-10(19)13-8(16)5-14(4-7(11)15)6-9(17)18/h2-6H2,1H3,(H2,11,15)(H,17,18)(H2,12,13,16,19). The van der Waals surface area contributed by atoms with E-state index in [-0.39, 0.29) is 13.2 Å². The van der Waals surface area contributed by atoms with Crippen LogP contribution in [0.5, 0.6) is 0 Å². The number of carboxylic acids is 1. The maximum atomic E-state index is 11.5. The molecule has 0 spiro atoms. The lowest BCUT2D eigenvalue weighted by Crippen LogP contribution is -2.47. The van der Waals surface area contributed by atoms with E-state index in [1.165, 1.54) is 7.11 Å². The fourth-order valence-corrected chi connectivity index (χ4v) is 1.26. The number of nitrogens with one attached hydrogen (secondary N) is 2. The molecule has 0 radical (unpaired) electrons. The second-order valence-corrected chi connectivity index (χ2v) is 3.80. The van der Waals surface area contributed by atoms with Crippen molar-refractivity contribution in [2.24, 2.45) is 5.73 Å². The maximum Gasteiger partial charge on any atom is 0.321 e. The molecule has 0 atom stereocenters. The fraction of sp³-hybridized carbons (Fsp3) is 0.600. The highest BCUT2D eigenvalue weighted by atomic mass is 16.5. The van der Waals surface area contributed by atoms with E-state index in [1.54, 1.807) is 0 Å². The Morgan fingerprint density at radius 2 is 1.85 bits per heavy atom. The Bertz CT molecular complexity index is 357. The smallest absolute Gasteiger partial charge is 0.321 e. The van der Waals surface area contributed by atoms with Crippen LogP contribution in [0.15, 0.2) is 0 Å². The second-order valence-electron chi connectivity index (χ2n) is 3.80. The first-order valence-corrected chi connectivity index (χ1v) is 5.64. The minimum absolute atomic E-state index is 0.218. The van der Waals surface area contributed by atoms with Crippen LogP contribution >= 0.6 is 0 Å². The molecule has 10 nitrogen and oxygen atoms in total. The first kappa shape index (κ1) is 17.8. The summed E-state index contributed by atoms with van der Waals surface area (Å²) in [6.45, 7) is -0.871. The van der Waals surface area contributed by atoms with Crippen LogP contribution in [-0.2, 0) is 19.1 Å². The van der Waals surface area contributed by atoms with Crippen molar-refractivity contribution >= 4 is 23.8 Å². The molecule has 0 aromatic carbocycles. The zero-order valence-corrected chi connectivity index (χ0v) is 11.0. The molecule has 0 aliphatic heterocycles. The van der Waals surface area contributed by atoms with Gasteiger partial charge >= 0.3 is 12.0 Å². The van der Waals surface area contributed by atoms with Gasteiger partial charge in [-0.15, -0.1) is 0 Å². The van der Waals surface area contributed by atoms with Gasteiger partial charge in [-0.3, -0.25) is 24.6 Å². The van der Waals surface area contributed by atoms with Gasteiger partial charge in [0.05, 0.1) is 26.2 Å². The number of carbonyl (C=O) groups excluding carboxylic acids is 3. The molecule has 0 aliphatic rings. The third kappa shape index (κ3) is 9.79. The molecule has 0 aromatic rings. The molecule has 0 bridgehead atoms. The zero-order valence-electron chi connectivity index (χ0n) is 11.0. The molecule has 0 saturated carbocycles. The summed E-state index contributed by atoms with van der Waals surface area (Å²) >= 11 is 0. The Labute approximate surface area is 115 Å². The van der Waals surface area contributed by atoms with Crippen molar-refractivity contribution in [3.8, 4) is 0 Å². The lowest BCUT2D eigenvalue weighted by Gasteiger charge is -2.17. The average molecular weight is 290 g/mol. The molecule has 4 amide bonds. The van der Waals surface area contributed by atoms with E-state index < -0.39 is 43.4 Å². The van der Waals surface area contributed by atoms with Crippen molar-refractivity contribution in [2.45, 2.75) is 0 Å². The maximum absolute atomic E-state index is 11.5. The number of hydrogen-bond acceptors (Lipinski definition) is 6. The predicted molar refractivity (Wildman–Crippen MR) is 66.7 cm³/mol. The molecule has 20 heavy (non-hydrogen) atoms. The second kappa shape index (κ2) is 9.69. The number of carboxylic acid groups (broad SMARTS) is 1. The lowest BCUT2D eigenvalue weighted by molar-refractivity contribution is -0.139. The molecular weight excluding hydrogens is 272 g/mol. The van der Waals surface area contributed by atoms with Crippen LogP contribution < -0.4 is 16.4 Å². The first-order valence-electron chi connectivity index (χ1n) is 5.64. The number of rotatable bonds is 9. The number of aliphatic carboxylic acids is 1. The first-order chi connectivity index (χ1) is 9.35. The molecule has 0 saturated heterocycles. The normalized spacial score (nSPS) is 10.1. The monoisotopic (exact) mass is 290 g/mol. The number of imide groups is 1. The molecule has 5 N–H and O–H groups in total. The summed E-state index contributed by atoms with van der Waals surface area (Å²) in [5.74, 6) is -2.74. The summed E-state index contributed by atoms with van der Waals surface area (Å²) < 4.78 is 4.70. The number of amides is 4. The predicted octanol–water partition coefficient (Wildman–Crippen LogP) is -2.67. The van der Waals surface area contributed by atoms with E-state index in [2.05, 4.69) is 5.32 Å². The third-order valence-electron chi connectivity index (χ3n) is 1.95. The number of ether oxygens (including phenoxy) is 1. The molecule has 0 aliphatic carbocycles. The van der Waals surface area contributed by atoms with Gasteiger partial charge in [0.1, 0.15) is 0 Å². The molecule has 0 fully saturated rings. The molecule has 0 unspecified atom stereocenters. The highest BCUT2D eigenvalue weighted by Crippen LogP contribution is 1.88. The van der Waals surface area contributed by atoms with Crippen LogP contribution in [-0.4, -0.2) is 73.7 Å². The number of methoxy groups -OCH3 is 1. The largest absolute Gasteiger partial charge is 0.480 e. The number of nitrogens with zero attached hydrogens (tertiary/aromatic N) is 1. The molecule has 10 heteroatoms. The summed E-state index contributed by atoms with van der Waals surface area (Å²) in [7, 11) is 1.46. The van der Waals surface area contributed by atoms with Gasteiger partial charge < -0.3 is 20.9 Å². The summed E-state index contributed by atoms with van der Waals surface area (Å²) in [6.07, 6.45) is 0. The van der Waals surface area contributed by atoms with Gasteiger partial charge in [0, 0.05) is 13.7 Å². The van der Waals surface area contributed by atoms with Crippen LogP contribution in [0.1, 0.15) is 0 Å². The number of carbonyl (C=O) groups is 4. The van der Waals surface area contributed by atoms with Gasteiger partial charge in [-0.25, -0.2) is 4.79 Å².